The summed E-state index contributed by atoms with van der Waals surface area (Å²) in [7, 11) is 3.70. The number of benzene rings is 2. The van der Waals surface area contributed by atoms with Crippen LogP contribution in [0.1, 0.15) is 26.5 Å². The lowest BCUT2D eigenvalue weighted by atomic mass is 10.1. The van der Waals surface area contributed by atoms with Crippen molar-refractivity contribution in [1.82, 2.24) is 16.0 Å². The monoisotopic (exact) mass is 416 g/mol. The standard InChI is InChI=1S/C20H18ClFN4O3/c1-11-16(18(25-29-11)17-14(21)8-5-9-15(17)22)20(28)24-23-19(27)12-6-4-7-13(10-12)26(2)3/h4-10H,1-3H3,(H,23,27)(H,24,28). The number of hydrazine groups is 1. The molecule has 0 spiro atoms. The van der Waals surface area contributed by atoms with E-state index < -0.39 is 17.6 Å². The van der Waals surface area contributed by atoms with Crippen molar-refractivity contribution in [1.29, 1.82) is 0 Å². The molecule has 0 bridgehead atoms. The molecule has 1 aromatic heterocycles. The molecule has 0 saturated heterocycles. The molecule has 0 aliphatic carbocycles. The van der Waals surface area contributed by atoms with Gasteiger partial charge in [0.25, 0.3) is 11.8 Å². The van der Waals surface area contributed by atoms with Gasteiger partial charge in [0.15, 0.2) is 0 Å². The second-order valence-electron chi connectivity index (χ2n) is 6.41. The normalized spacial score (nSPS) is 10.5. The van der Waals surface area contributed by atoms with Gasteiger partial charge < -0.3 is 9.42 Å². The lowest BCUT2D eigenvalue weighted by Gasteiger charge is -2.13. The van der Waals surface area contributed by atoms with Crippen molar-refractivity contribution in [2.24, 2.45) is 0 Å². The van der Waals surface area contributed by atoms with Crippen LogP contribution in [0.2, 0.25) is 5.02 Å². The number of carbonyl (C=O) groups excluding carboxylic acids is 2. The number of rotatable bonds is 4. The average molecular weight is 417 g/mol. The fraction of sp³-hybridized carbons (Fsp3) is 0.150. The zero-order valence-electron chi connectivity index (χ0n) is 15.9. The number of amides is 2. The highest BCUT2D eigenvalue weighted by Crippen LogP contribution is 2.33. The van der Waals surface area contributed by atoms with E-state index in [-0.39, 0.29) is 27.6 Å². The number of carbonyl (C=O) groups is 2. The Kier molecular flexibility index (Phi) is 5.84. The van der Waals surface area contributed by atoms with Gasteiger partial charge in [0.1, 0.15) is 22.8 Å². The van der Waals surface area contributed by atoms with Gasteiger partial charge in [-0.2, -0.15) is 0 Å². The molecule has 1 heterocycles. The molecule has 7 nitrogen and oxygen atoms in total. The van der Waals surface area contributed by atoms with Crippen molar-refractivity contribution in [3.63, 3.8) is 0 Å². The Hall–Kier alpha value is -3.39. The van der Waals surface area contributed by atoms with E-state index >= 15 is 0 Å². The fourth-order valence-electron chi connectivity index (χ4n) is 2.71. The maximum absolute atomic E-state index is 14.3. The lowest BCUT2D eigenvalue weighted by Crippen LogP contribution is -2.42. The number of nitrogens with one attached hydrogen (secondary N) is 2. The van der Waals surface area contributed by atoms with Crippen molar-refractivity contribution in [3.05, 3.63) is 70.2 Å². The number of hydrogen-bond acceptors (Lipinski definition) is 5. The van der Waals surface area contributed by atoms with Crippen LogP contribution in [-0.4, -0.2) is 31.1 Å². The molecule has 9 heteroatoms. The van der Waals surface area contributed by atoms with Crippen molar-refractivity contribution in [2.45, 2.75) is 6.92 Å². The molecular weight excluding hydrogens is 399 g/mol. The second-order valence-corrected chi connectivity index (χ2v) is 6.82. The maximum atomic E-state index is 14.3. The topological polar surface area (TPSA) is 87.5 Å². The van der Waals surface area contributed by atoms with E-state index in [4.69, 9.17) is 16.1 Å². The van der Waals surface area contributed by atoms with E-state index in [2.05, 4.69) is 16.0 Å². The molecule has 0 unspecified atom stereocenters. The summed E-state index contributed by atoms with van der Waals surface area (Å²) >= 11 is 6.07. The third-order valence-electron chi connectivity index (χ3n) is 4.20. The van der Waals surface area contributed by atoms with E-state index in [1.54, 1.807) is 18.2 Å². The molecule has 3 aromatic rings. The van der Waals surface area contributed by atoms with Crippen LogP contribution in [0.4, 0.5) is 10.1 Å². The van der Waals surface area contributed by atoms with Gasteiger partial charge in [0.2, 0.25) is 0 Å². The molecule has 2 N–H and O–H groups in total. The van der Waals surface area contributed by atoms with Crippen molar-refractivity contribution in [3.8, 4) is 11.3 Å². The van der Waals surface area contributed by atoms with E-state index in [1.165, 1.54) is 25.1 Å². The Labute approximate surface area is 171 Å². The van der Waals surface area contributed by atoms with E-state index in [1.807, 2.05) is 25.1 Å². The highest BCUT2D eigenvalue weighted by molar-refractivity contribution is 6.33. The molecule has 2 amide bonds. The van der Waals surface area contributed by atoms with Crippen LogP contribution in [0.15, 0.2) is 47.0 Å². The van der Waals surface area contributed by atoms with Crippen LogP contribution in [0.5, 0.6) is 0 Å². The first-order valence-corrected chi connectivity index (χ1v) is 8.96. The largest absolute Gasteiger partial charge is 0.378 e. The summed E-state index contributed by atoms with van der Waals surface area (Å²) in [4.78, 5) is 26.9. The van der Waals surface area contributed by atoms with Gasteiger partial charge in [-0.25, -0.2) is 4.39 Å². The van der Waals surface area contributed by atoms with Crippen LogP contribution in [0, 0.1) is 12.7 Å². The molecule has 0 aliphatic rings. The van der Waals surface area contributed by atoms with Crippen molar-refractivity contribution >= 4 is 29.1 Å². The molecule has 0 saturated carbocycles. The summed E-state index contributed by atoms with van der Waals surface area (Å²) in [6.45, 7) is 1.50. The van der Waals surface area contributed by atoms with Crippen molar-refractivity contribution in [2.75, 3.05) is 19.0 Å². The average Bonchev–Trinajstić information content (AvgIpc) is 3.07. The SMILES string of the molecule is Cc1onc(-c2c(F)cccc2Cl)c1C(=O)NNC(=O)c1cccc(N(C)C)c1. The molecule has 0 radical (unpaired) electrons. The van der Waals surface area contributed by atoms with Crippen LogP contribution < -0.4 is 15.8 Å². The van der Waals surface area contributed by atoms with Crippen molar-refractivity contribution < 1.29 is 18.5 Å². The van der Waals surface area contributed by atoms with Gasteiger partial charge >= 0.3 is 0 Å². The molecule has 0 aliphatic heterocycles. The molecule has 29 heavy (non-hydrogen) atoms. The van der Waals surface area contributed by atoms with Crippen LogP contribution in [-0.2, 0) is 0 Å². The quantitative estimate of drug-likeness (QED) is 0.635. The molecule has 3 rings (SSSR count). The second kappa shape index (κ2) is 8.32. The Balaban J connectivity index is 1.81. The lowest BCUT2D eigenvalue weighted by molar-refractivity contribution is 0.0846. The summed E-state index contributed by atoms with van der Waals surface area (Å²) in [6.07, 6.45) is 0. The number of hydrogen-bond donors (Lipinski definition) is 2. The van der Waals surface area contributed by atoms with E-state index in [0.717, 1.165) is 5.69 Å². The zero-order chi connectivity index (χ0) is 21.1. The van der Waals surface area contributed by atoms with Gasteiger partial charge in [0.05, 0.1) is 10.6 Å². The van der Waals surface area contributed by atoms with Gasteiger partial charge in [0, 0.05) is 25.3 Å². The predicted octanol–water partition coefficient (Wildman–Crippen LogP) is 3.58. The Bertz CT molecular complexity index is 1060. The number of anilines is 1. The van der Waals surface area contributed by atoms with Gasteiger partial charge in [-0.15, -0.1) is 0 Å². The molecule has 0 atom stereocenters. The van der Waals surface area contributed by atoms with Gasteiger partial charge in [-0.3, -0.25) is 20.4 Å². The Morgan fingerprint density at radius 3 is 2.48 bits per heavy atom. The minimum absolute atomic E-state index is 0.0284. The summed E-state index contributed by atoms with van der Waals surface area (Å²) in [5.74, 6) is -1.72. The minimum atomic E-state index is -0.713. The third kappa shape index (κ3) is 4.22. The first kappa shape index (κ1) is 20.3. The maximum Gasteiger partial charge on any atom is 0.275 e. The van der Waals surface area contributed by atoms with Gasteiger partial charge in [-0.05, 0) is 37.3 Å². The van der Waals surface area contributed by atoms with Crippen LogP contribution in [0.25, 0.3) is 11.3 Å². The molecule has 150 valence electrons. The molecule has 2 aromatic carbocycles. The molecule has 0 fully saturated rings. The third-order valence-corrected chi connectivity index (χ3v) is 4.52. The highest BCUT2D eigenvalue weighted by atomic mass is 35.5. The van der Waals surface area contributed by atoms with Crippen LogP contribution >= 0.6 is 11.6 Å². The van der Waals surface area contributed by atoms with Crippen LogP contribution in [0.3, 0.4) is 0 Å². The first-order valence-electron chi connectivity index (χ1n) is 8.58. The highest BCUT2D eigenvalue weighted by Gasteiger charge is 2.25. The zero-order valence-corrected chi connectivity index (χ0v) is 16.7. The first-order chi connectivity index (χ1) is 13.8. The summed E-state index contributed by atoms with van der Waals surface area (Å²) in [5, 5.41) is 3.85. The Morgan fingerprint density at radius 1 is 1.10 bits per heavy atom. The fourth-order valence-corrected chi connectivity index (χ4v) is 2.96. The van der Waals surface area contributed by atoms with Gasteiger partial charge in [-0.1, -0.05) is 28.9 Å². The summed E-state index contributed by atoms with van der Waals surface area (Å²) in [6, 6.07) is 11.0. The predicted molar refractivity (Wildman–Crippen MR) is 107 cm³/mol. The Morgan fingerprint density at radius 2 is 1.79 bits per heavy atom. The number of aryl methyl sites for hydroxylation is 1. The van der Waals surface area contributed by atoms with E-state index in [0.29, 0.717) is 5.56 Å². The molecular formula is C20H18ClFN4O3. The van der Waals surface area contributed by atoms with E-state index in [9.17, 15) is 14.0 Å². The smallest absolute Gasteiger partial charge is 0.275 e. The number of halogens is 2. The minimum Gasteiger partial charge on any atom is -0.378 e. The summed E-state index contributed by atoms with van der Waals surface area (Å²) in [5.41, 5.74) is 5.69. The number of aromatic nitrogens is 1. The summed E-state index contributed by atoms with van der Waals surface area (Å²) < 4.78 is 19.3. The number of nitrogens with zero attached hydrogens (tertiary/aromatic N) is 2.